The Bertz CT molecular complexity index is 4310. The predicted octanol–water partition coefficient (Wildman–Crippen LogP) is -55.5. The van der Waals surface area contributed by atoms with Crippen molar-refractivity contribution < 1.29 is 616 Å². The maximum absolute atomic E-state index is 13.5. The van der Waals surface area contributed by atoms with Crippen LogP contribution in [0.2, 0.25) is 0 Å². The van der Waals surface area contributed by atoms with Gasteiger partial charge in [-0.2, -0.15) is 0 Å². The maximum Gasteiger partial charge on any atom is 1.00 e. The molecule has 0 aromatic heterocycles. The molecule has 0 amide bonds. The van der Waals surface area contributed by atoms with E-state index in [4.69, 9.17) is 42.6 Å². The van der Waals surface area contributed by atoms with Crippen LogP contribution in [-0.4, -0.2) is 363 Å². The van der Waals surface area contributed by atoms with Gasteiger partial charge in [0.25, 0.3) is 0 Å². The molecule has 26 atom stereocenters. The van der Waals surface area contributed by atoms with E-state index in [-0.39, 0.29) is 361 Å². The van der Waals surface area contributed by atoms with Gasteiger partial charge in [0.2, 0.25) is 83.2 Å². The third-order valence-electron chi connectivity index (χ3n) is 13.4. The van der Waals surface area contributed by atoms with E-state index in [1.807, 2.05) is 0 Å². The molecule has 0 aromatic rings. The van der Waals surface area contributed by atoms with Crippen LogP contribution in [0, 0.1) is 0 Å². The van der Waals surface area contributed by atoms with Crippen molar-refractivity contribution in [2.75, 3.05) is 26.4 Å². The van der Waals surface area contributed by atoms with E-state index in [2.05, 4.69) is 33.5 Å². The van der Waals surface area contributed by atoms with Gasteiger partial charge < -0.3 is 144 Å². The summed E-state index contributed by atoms with van der Waals surface area (Å²) in [6, 6.07) is -6.69. The van der Waals surface area contributed by atoms with E-state index in [0.29, 0.717) is 13.8 Å². The second-order valence-corrected chi connectivity index (χ2v) is 31.5. The molecule has 118 heavy (non-hydrogen) atoms. The SMILES string of the molecule is CC1O[C@@H](OC2[C@H](O[C@@H]3OC(COS(=O)(=O)[O-])[C@H](OS(=O)(=O)[O-])[C@H](OCC(O)[C@H](/C=C(\O)C(=O)[O-])O[C@@H]4OC(C)[C@@H](OS(=O)(=O)[O-])[C@H](O)C4OS(=O)(=O)[O-])C3NS(=O)(=O)[O-])C(C(=O)[O-])O[C@@H](O[C@H](C(CO)NS(=O)(=O)[O-])[C@@H](OS(=O)(=O)[O-])C(O)COS(=O)(=O)[O-])[C@H]2O)C(OS(=O)(=O)[O-])[C@@H](O)[C@@H]1OS(=O)(=O)[O-].[Na+].[Na+].[Na+].[Na+].[Na+].[Na+].[Na+].[Na+].[Na+].[Na+].[Na+].[Na+]. The van der Waals surface area contributed by atoms with Crippen molar-refractivity contribution in [2.24, 2.45) is 0 Å². The first-order valence-corrected chi connectivity index (χ1v) is 40.4. The Morgan fingerprint density at radius 1 is 0.441 bits per heavy atom. The smallest absolute Gasteiger partial charge is 0.735 e. The minimum atomic E-state index is -6.69. The molecular weight excluding hydrogens is 1980 g/mol. The molecule has 0 aliphatic carbocycles. The summed E-state index contributed by atoms with van der Waals surface area (Å²) in [7, 11) is -63.7. The average molecular weight is 2040 g/mol. The van der Waals surface area contributed by atoms with E-state index in [0.717, 1.165) is 9.44 Å². The zero-order valence-electron chi connectivity index (χ0n) is 63.0. The molecule has 11 unspecified atom stereocenters. The molecule has 4 rings (SSSR count). The Hall–Kier alpha value is 8.58. The van der Waals surface area contributed by atoms with Gasteiger partial charge in [-0.15, -0.1) is 0 Å². The Morgan fingerprint density at radius 3 is 1.23 bits per heavy atom. The Kier molecular flexibility index (Phi) is 74.0. The van der Waals surface area contributed by atoms with Crippen molar-refractivity contribution in [2.45, 2.75) is 173 Å². The van der Waals surface area contributed by atoms with Crippen LogP contribution in [0.25, 0.3) is 0 Å². The molecule has 0 spiro atoms. The third-order valence-corrected chi connectivity index (χ3v) is 18.2. The van der Waals surface area contributed by atoms with Gasteiger partial charge in [-0.3, -0.25) is 33.5 Å². The van der Waals surface area contributed by atoms with Crippen molar-refractivity contribution in [1.29, 1.82) is 0 Å². The second kappa shape index (κ2) is 60.4. The van der Waals surface area contributed by atoms with E-state index in [9.17, 15) is 185 Å². The Morgan fingerprint density at radius 2 is 0.847 bits per heavy atom. The monoisotopic (exact) mass is 2030 g/mol. The molecule has 4 fully saturated rings. The van der Waals surface area contributed by atoms with Crippen LogP contribution in [0.4, 0.5) is 0 Å². The fraction of sp³-hybridized carbons (Fsp3) is 0.889. The predicted molar refractivity (Wildman–Crippen MR) is 285 cm³/mol. The summed E-state index contributed by atoms with van der Waals surface area (Å²) in [6.07, 6.45) is -78.2. The number of carboxylic acids is 2. The largest absolute Gasteiger partial charge is 1.00 e. The van der Waals surface area contributed by atoms with Gasteiger partial charge >= 0.3 is 355 Å². The summed E-state index contributed by atoms with van der Waals surface area (Å²) in [5, 5.41) is 103. The quantitative estimate of drug-likeness (QED) is 0.00902. The number of aliphatic carboxylic acids is 2. The number of aliphatic hydroxyl groups is 7. The molecule has 4 aliphatic rings. The molecule has 4 aliphatic heterocycles. The molecule has 624 valence electrons. The number of carbonyl (C=O) groups is 2. The summed E-state index contributed by atoms with van der Waals surface area (Å²) in [4.78, 5) is 25.2. The first-order valence-electron chi connectivity index (χ1n) is 26.9. The zero-order valence-corrected chi connectivity index (χ0v) is 95.1. The summed E-state index contributed by atoms with van der Waals surface area (Å²) in [6.45, 7) is -7.62. The molecule has 9 N–H and O–H groups in total. The topological polar surface area (TPSA) is 975 Å². The molecule has 0 aromatic carbocycles. The minimum Gasteiger partial charge on any atom is -0.735 e. The van der Waals surface area contributed by atoms with Gasteiger partial charge in [0.15, 0.2) is 58.0 Å². The zero-order chi connectivity index (χ0) is 81.7. The number of nitrogens with one attached hydrogen (secondary N) is 2. The number of rotatable bonds is 41. The summed E-state index contributed by atoms with van der Waals surface area (Å²) in [5.41, 5.74) is 0. The standard InChI is InChI=1S/C36H62N2O58S10.12Na/c1-8-20(91-101(62,63)64)17(43)27(95-105(74,75)76)35(83-8)85-14(3-11(40)31(46)47)12(41)5-80-25-16(38-98(53,54)55)33(86-15(7-82-100(59,60)61)24(25)94-104(71,72)73)89-29-26(88-36-28(96-106(77,78)79)18(44)21(9(2)84-36)92-102(65,66)67)19(45)34(90-30(29)32(48)49)87-22(10(4-39)37-97(50,51)52)23(93-103(68,69)70)13(42)6-81-99(56,57)58;;;;;;;;;;;;/h3,8-10,12-30,33-45H,4-7H2,1-2H3,(H,46,47)(H,48,49)(H,50,51,52)(H,53,54,55)(H,56,57,58)(H,59,60,61)(H,62,63,64)(H,65,66,67)(H,68,69,70)(H,71,72,73)(H,74,75,76)(H,77,78,79);;;;;;;;;;;;/q;12*+1/p-12/b11-3-;;;;;;;;;;;;/t8?,9?,10?,12?,13?,14-,15?,16?,17-,18-,19-,20+,21+,22+,23-,24-,25+,26?,27?,28?,29-,30?,33-,34+,35-,36-;;;;;;;;;;;;/m0............/s1. The summed E-state index contributed by atoms with van der Waals surface area (Å²) >= 11 is 0. The van der Waals surface area contributed by atoms with Crippen LogP contribution in [0.15, 0.2) is 11.8 Å². The molecule has 82 heteroatoms. The molecule has 4 saturated heterocycles. The van der Waals surface area contributed by atoms with Crippen LogP contribution in [0.3, 0.4) is 0 Å². The van der Waals surface area contributed by atoms with Gasteiger partial charge in [0, 0.05) is 0 Å². The van der Waals surface area contributed by atoms with Crippen LogP contribution in [0.5, 0.6) is 0 Å². The maximum atomic E-state index is 13.5. The van der Waals surface area contributed by atoms with Crippen LogP contribution in [-0.2, 0) is 189 Å². The first kappa shape index (κ1) is 144. The van der Waals surface area contributed by atoms with E-state index in [1.54, 1.807) is 0 Å². The number of aliphatic hydroxyl groups excluding tert-OH is 7. The van der Waals surface area contributed by atoms with Crippen molar-refractivity contribution in [3.63, 3.8) is 0 Å². The van der Waals surface area contributed by atoms with Gasteiger partial charge in [-0.25, -0.2) is 93.6 Å². The average Bonchev–Trinajstić information content (AvgIpc) is 0.756. The van der Waals surface area contributed by atoms with Gasteiger partial charge in [-0.1, -0.05) is 0 Å². The first-order chi connectivity index (χ1) is 47.7. The minimum absolute atomic E-state index is 0. The van der Waals surface area contributed by atoms with Gasteiger partial charge in [-0.05, 0) is 19.9 Å². The molecule has 60 nitrogen and oxygen atoms in total. The van der Waals surface area contributed by atoms with Crippen molar-refractivity contribution in [3.05, 3.63) is 11.8 Å². The molecule has 4 heterocycles. The van der Waals surface area contributed by atoms with Crippen LogP contribution < -0.4 is 374 Å². The van der Waals surface area contributed by atoms with Gasteiger partial charge in [0.05, 0.1) is 50.6 Å². The molecule has 0 radical (unpaired) electrons. The number of hydrogen-bond acceptors (Lipinski definition) is 58. The normalized spacial score (nSPS) is 29.5. The number of carboxylic acid groups (broad SMARTS) is 2. The summed E-state index contributed by atoms with van der Waals surface area (Å²) in [5.74, 6) is -7.97. The molecule has 0 saturated carbocycles. The van der Waals surface area contributed by atoms with Crippen molar-refractivity contribution in [3.8, 4) is 0 Å². The molecular formula is C36H50N2Na12O58S10. The van der Waals surface area contributed by atoms with Crippen molar-refractivity contribution in [1.82, 2.24) is 9.44 Å². The van der Waals surface area contributed by atoms with E-state index < -0.39 is 307 Å². The second-order valence-electron chi connectivity index (χ2n) is 21.0. The fourth-order valence-corrected chi connectivity index (χ4v) is 14.4. The molecule has 0 bridgehead atoms. The van der Waals surface area contributed by atoms with E-state index >= 15 is 0 Å². The van der Waals surface area contributed by atoms with Crippen LogP contribution >= 0.6 is 0 Å². The number of hydrogen-bond donors (Lipinski definition) is 9. The Labute approximate surface area is 935 Å². The van der Waals surface area contributed by atoms with Gasteiger partial charge in [0.1, 0.15) is 115 Å². The Balaban J connectivity index is -0.00000141. The number of ether oxygens (including phenoxy) is 9. The van der Waals surface area contributed by atoms with Crippen molar-refractivity contribution >= 4 is 116 Å². The van der Waals surface area contributed by atoms with E-state index in [1.165, 1.54) is 0 Å². The summed E-state index contributed by atoms with van der Waals surface area (Å²) < 4.78 is 442. The fourth-order valence-electron chi connectivity index (χ4n) is 9.61. The number of carbonyl (C=O) groups excluding carboxylic acids is 2. The van der Waals surface area contributed by atoms with Crippen LogP contribution in [0.1, 0.15) is 13.8 Å². The third kappa shape index (κ3) is 51.8.